The van der Waals surface area contributed by atoms with Gasteiger partial charge in [-0.2, -0.15) is 0 Å². The molecule has 0 radical (unpaired) electrons. The van der Waals surface area contributed by atoms with E-state index in [-0.39, 0.29) is 0 Å². The van der Waals surface area contributed by atoms with Crippen LogP contribution >= 0.6 is 0 Å². The van der Waals surface area contributed by atoms with Gasteiger partial charge in [0.1, 0.15) is 0 Å². The van der Waals surface area contributed by atoms with Crippen molar-refractivity contribution in [2.75, 3.05) is 0 Å². The third-order valence-electron chi connectivity index (χ3n) is 3.69. The predicted molar refractivity (Wildman–Crippen MR) is 220 cm³/mol. The summed E-state index contributed by atoms with van der Waals surface area (Å²) in [5.74, 6) is 0. The monoisotopic (exact) mass is 941 g/mol. The quantitative estimate of drug-likeness (QED) is 0.0856. The lowest BCUT2D eigenvalue weighted by Crippen LogP contribution is -2.39. The van der Waals surface area contributed by atoms with Gasteiger partial charge in [-0.15, -0.1) is 0 Å². The maximum absolute atomic E-state index is 7.17. The smallest absolute Gasteiger partial charge is 0.402 e. The zero-order valence-corrected chi connectivity index (χ0v) is 32.3. The van der Waals surface area contributed by atoms with Crippen LogP contribution in [0.5, 0.6) is 0 Å². The average molecular weight is 940 g/mol. The van der Waals surface area contributed by atoms with E-state index in [1.54, 1.807) is 0 Å². The molecule has 0 spiro atoms. The minimum Gasteiger partial charge on any atom is -0.402 e. The maximum atomic E-state index is 7.17. The molecule has 45 heteroatoms. The van der Waals surface area contributed by atoms with E-state index in [1.165, 1.54) is 0 Å². The lowest BCUT2D eigenvalue weighted by molar-refractivity contribution is 0.276. The molecule has 0 heterocycles. The van der Waals surface area contributed by atoms with Crippen LogP contribution in [0.25, 0.3) is 0 Å². The van der Waals surface area contributed by atoms with Crippen LogP contribution in [0, 0.1) is 0 Å². The van der Waals surface area contributed by atoms with Crippen molar-refractivity contribution in [1.82, 2.24) is 0 Å². The molecule has 34 nitrogen and oxygen atoms in total. The molecule has 0 saturated carbocycles. The molecule has 3 aromatic rings. The number of hydrogen-bond acceptors (Lipinski definition) is 34. The number of hydrogen-bond donors (Lipinski definition) is 34. The summed E-state index contributed by atoms with van der Waals surface area (Å²) < 4.78 is 0. The first-order valence-electron chi connectivity index (χ1n) is 15.3. The SMILES string of the molecule is NC(c1ccccc1)(c1ccccc1)c1ccccc1.OB(O)O.OB(O)O.OB(O)O.OB(O)O.OB(O)O.OB(O)O.OB(O)O.OB(O)O.OB(O)O.OB(O)O.OB(O)O. The van der Waals surface area contributed by atoms with Crippen LogP contribution in [0.1, 0.15) is 16.7 Å². The molecule has 0 bridgehead atoms. The van der Waals surface area contributed by atoms with Gasteiger partial charge >= 0.3 is 80.5 Å². The fourth-order valence-electron chi connectivity index (χ4n) is 2.60. The van der Waals surface area contributed by atoms with Crippen molar-refractivity contribution in [3.05, 3.63) is 108 Å². The number of benzene rings is 3. The predicted octanol–water partition coefficient (Wildman–Crippen LogP) is -18.6. The Kier molecular flexibility index (Phi) is 73.7. The summed E-state index contributed by atoms with van der Waals surface area (Å²) in [6.45, 7) is 0. The van der Waals surface area contributed by atoms with Gasteiger partial charge in [0, 0.05) is 0 Å². The summed E-state index contributed by atoms with van der Waals surface area (Å²) >= 11 is 0. The van der Waals surface area contributed by atoms with Gasteiger partial charge in [0.2, 0.25) is 0 Å². The second kappa shape index (κ2) is 58.0. The van der Waals surface area contributed by atoms with E-state index in [2.05, 4.69) is 36.4 Å². The lowest BCUT2D eigenvalue weighted by atomic mass is 9.78. The fourth-order valence-corrected chi connectivity index (χ4v) is 2.60. The highest BCUT2D eigenvalue weighted by molar-refractivity contribution is 6.32. The zero-order valence-electron chi connectivity index (χ0n) is 32.3. The highest BCUT2D eigenvalue weighted by Crippen LogP contribution is 2.33. The molecule has 0 atom stereocenters. The standard InChI is InChI=1S/C19H17N.11BH3O3/c20-19(16-10-4-1-5-11-16,17-12-6-2-7-13-17)18-14-8-3-9-15-18;11*2-1(3)4/h1-15H,20H2;11*2-4H. The molecule has 0 aromatic heterocycles. The summed E-state index contributed by atoms with van der Waals surface area (Å²) in [5.41, 5.74) is 9.53. The Labute approximate surface area is 365 Å². The van der Waals surface area contributed by atoms with Crippen LogP contribution in [0.2, 0.25) is 0 Å². The van der Waals surface area contributed by atoms with Crippen LogP contribution < -0.4 is 5.73 Å². The summed E-state index contributed by atoms with van der Waals surface area (Å²) in [6, 6.07) is 30.7. The van der Waals surface area contributed by atoms with E-state index in [9.17, 15) is 0 Å². The molecule has 35 N–H and O–H groups in total. The topological polar surface area (TPSA) is 694 Å². The molecule has 64 heavy (non-hydrogen) atoms. The van der Waals surface area contributed by atoms with Crippen molar-refractivity contribution >= 4 is 80.5 Å². The van der Waals surface area contributed by atoms with Crippen molar-refractivity contribution in [2.45, 2.75) is 5.54 Å². The second-order valence-corrected chi connectivity index (χ2v) is 8.72. The van der Waals surface area contributed by atoms with Crippen molar-refractivity contribution in [3.8, 4) is 0 Å². The van der Waals surface area contributed by atoms with E-state index >= 15 is 0 Å². The van der Waals surface area contributed by atoms with Gasteiger partial charge in [-0.05, 0) is 16.7 Å². The van der Waals surface area contributed by atoms with Crippen LogP contribution in [-0.4, -0.2) is 246 Å². The van der Waals surface area contributed by atoms with Crippen molar-refractivity contribution in [3.63, 3.8) is 0 Å². The van der Waals surface area contributed by atoms with E-state index in [0.29, 0.717) is 0 Å². The lowest BCUT2D eigenvalue weighted by Gasteiger charge is -2.31. The largest absolute Gasteiger partial charge is 0.631 e. The zero-order chi connectivity index (χ0) is 53.2. The second-order valence-electron chi connectivity index (χ2n) is 8.72. The van der Waals surface area contributed by atoms with Crippen LogP contribution in [0.15, 0.2) is 91.0 Å². The minimum atomic E-state index is -2.17. The molecule has 0 fully saturated rings. The Morgan fingerprint density at radius 2 is 0.281 bits per heavy atom. The molecule has 3 aromatic carbocycles. The third-order valence-corrected chi connectivity index (χ3v) is 3.69. The Morgan fingerprint density at radius 3 is 0.359 bits per heavy atom. The first-order valence-corrected chi connectivity index (χ1v) is 15.3. The van der Waals surface area contributed by atoms with Gasteiger partial charge in [0.25, 0.3) is 0 Å². The highest BCUT2D eigenvalue weighted by atomic mass is 16.6. The van der Waals surface area contributed by atoms with Gasteiger partial charge in [0.05, 0.1) is 5.54 Å². The summed E-state index contributed by atoms with van der Waals surface area (Å²) in [6.07, 6.45) is 0. The average Bonchev–Trinajstić information content (AvgIpc) is 3.06. The first-order chi connectivity index (χ1) is 28.9. The molecule has 0 amide bonds. The molecular formula is C19H50B11NO33. The van der Waals surface area contributed by atoms with Gasteiger partial charge in [-0.25, -0.2) is 0 Å². The Balaban J connectivity index is -0.0000000825. The molecular weight excluding hydrogens is 889 g/mol. The molecule has 3 rings (SSSR count). The van der Waals surface area contributed by atoms with Gasteiger partial charge in [-0.1, -0.05) is 91.0 Å². The van der Waals surface area contributed by atoms with E-state index in [0.717, 1.165) is 16.7 Å². The molecule has 0 aliphatic heterocycles. The van der Waals surface area contributed by atoms with E-state index in [1.807, 2.05) is 54.6 Å². The molecule has 0 aliphatic rings. The van der Waals surface area contributed by atoms with Crippen molar-refractivity contribution in [2.24, 2.45) is 5.73 Å². The van der Waals surface area contributed by atoms with Gasteiger partial charge in [0.15, 0.2) is 0 Å². The fraction of sp³-hybridized carbons (Fsp3) is 0.0526. The number of nitrogens with two attached hydrogens (primary N) is 1. The molecule has 0 aliphatic carbocycles. The Morgan fingerprint density at radius 1 is 0.203 bits per heavy atom. The summed E-state index contributed by atoms with van der Waals surface area (Å²) in [5, 5.41) is 236. The number of rotatable bonds is 3. The van der Waals surface area contributed by atoms with Gasteiger partial charge in [-0.3, -0.25) is 0 Å². The molecule has 0 saturated heterocycles. The third kappa shape index (κ3) is 130. The Bertz CT molecular complexity index is 1000. The van der Waals surface area contributed by atoms with Crippen LogP contribution in [-0.2, 0) is 5.54 Å². The van der Waals surface area contributed by atoms with E-state index < -0.39 is 86.1 Å². The van der Waals surface area contributed by atoms with Crippen LogP contribution in [0.3, 0.4) is 0 Å². The highest BCUT2D eigenvalue weighted by Gasteiger charge is 2.31. The minimum absolute atomic E-state index is 0.621. The normalized spacial score (nSPS) is 8.16. The van der Waals surface area contributed by atoms with Crippen LogP contribution in [0.4, 0.5) is 0 Å². The first kappa shape index (κ1) is 81.2. The van der Waals surface area contributed by atoms with Gasteiger partial charge < -0.3 is 172 Å². The summed E-state index contributed by atoms with van der Waals surface area (Å²) in [4.78, 5) is 0. The Hall–Kier alpha value is -2.99. The van der Waals surface area contributed by atoms with E-state index in [4.69, 9.17) is 172 Å². The maximum Gasteiger partial charge on any atom is 0.631 e. The summed E-state index contributed by atoms with van der Waals surface area (Å²) in [7, 11) is -23.8. The van der Waals surface area contributed by atoms with Crippen molar-refractivity contribution < 1.29 is 166 Å². The molecule has 362 valence electrons. The van der Waals surface area contributed by atoms with Crippen molar-refractivity contribution in [1.29, 1.82) is 0 Å². The molecule has 0 unspecified atom stereocenters.